The second kappa shape index (κ2) is 3.40. The Morgan fingerprint density at radius 1 is 1.62 bits per heavy atom. The number of nitrogens with one attached hydrogen (secondary N) is 1. The van der Waals surface area contributed by atoms with E-state index in [0.29, 0.717) is 0 Å². The lowest BCUT2D eigenvalue weighted by molar-refractivity contribution is -0.104. The van der Waals surface area contributed by atoms with E-state index in [1.807, 2.05) is 0 Å². The second-order valence-electron chi connectivity index (χ2n) is 3.74. The Hall–Kier alpha value is -0.380. The molecular formula is C10H17NO2. The Balaban J connectivity index is 2.22. The van der Waals surface area contributed by atoms with Crippen LogP contribution in [0.15, 0.2) is 12.2 Å². The zero-order valence-electron chi connectivity index (χ0n) is 8.25. The van der Waals surface area contributed by atoms with E-state index in [9.17, 15) is 0 Å². The van der Waals surface area contributed by atoms with Crippen LogP contribution >= 0.6 is 0 Å². The normalized spacial score (nSPS) is 44.5. The molecule has 3 nitrogen and oxygen atoms in total. The minimum absolute atomic E-state index is 0.0764. The molecule has 0 amide bonds. The van der Waals surface area contributed by atoms with Crippen LogP contribution in [0.2, 0.25) is 0 Å². The van der Waals surface area contributed by atoms with Crippen LogP contribution in [0.3, 0.4) is 0 Å². The fraction of sp³-hybridized carbons (Fsp3) is 0.800. The van der Waals surface area contributed by atoms with Crippen molar-refractivity contribution in [2.75, 3.05) is 20.3 Å². The largest absolute Gasteiger partial charge is 0.379 e. The smallest absolute Gasteiger partial charge is 0.0896 e. The molecule has 2 heterocycles. The maximum Gasteiger partial charge on any atom is 0.0896 e. The summed E-state index contributed by atoms with van der Waals surface area (Å²) >= 11 is 0. The van der Waals surface area contributed by atoms with E-state index in [4.69, 9.17) is 9.47 Å². The summed E-state index contributed by atoms with van der Waals surface area (Å²) in [5, 5.41) is 3.46. The fourth-order valence-corrected chi connectivity index (χ4v) is 2.35. The first-order valence-corrected chi connectivity index (χ1v) is 4.87. The molecular weight excluding hydrogens is 166 g/mol. The molecule has 74 valence electrons. The molecule has 0 bridgehead atoms. The maximum atomic E-state index is 5.65. The summed E-state index contributed by atoms with van der Waals surface area (Å²) in [6.45, 7) is 3.83. The van der Waals surface area contributed by atoms with Gasteiger partial charge in [-0.1, -0.05) is 12.2 Å². The standard InChI is InChI=1S/C10H17NO2/c1-8-10(5-3-6-11-10)9(12-2)4-7-13-8/h3,5,8-9,11H,4,6-7H2,1-2H3/t8?,9?,10-/m1/s1. The van der Waals surface area contributed by atoms with Crippen molar-refractivity contribution in [1.82, 2.24) is 5.32 Å². The van der Waals surface area contributed by atoms with Crippen LogP contribution in [0.25, 0.3) is 0 Å². The number of hydrogen-bond donors (Lipinski definition) is 1. The Bertz CT molecular complexity index is 217. The first-order chi connectivity index (χ1) is 6.29. The van der Waals surface area contributed by atoms with Crippen LogP contribution in [0.1, 0.15) is 13.3 Å². The van der Waals surface area contributed by atoms with Crippen LogP contribution in [0.4, 0.5) is 0 Å². The van der Waals surface area contributed by atoms with E-state index in [1.165, 1.54) is 0 Å². The fourth-order valence-electron chi connectivity index (χ4n) is 2.35. The average Bonchev–Trinajstić information content (AvgIpc) is 2.60. The van der Waals surface area contributed by atoms with E-state index in [2.05, 4.69) is 24.4 Å². The van der Waals surface area contributed by atoms with Crippen LogP contribution < -0.4 is 5.32 Å². The Kier molecular flexibility index (Phi) is 2.41. The highest BCUT2D eigenvalue weighted by Gasteiger charge is 2.46. The van der Waals surface area contributed by atoms with Gasteiger partial charge in [0, 0.05) is 20.3 Å². The number of rotatable bonds is 1. The van der Waals surface area contributed by atoms with Crippen LogP contribution in [-0.2, 0) is 9.47 Å². The topological polar surface area (TPSA) is 30.5 Å². The molecule has 0 saturated carbocycles. The van der Waals surface area contributed by atoms with Gasteiger partial charge in [-0.2, -0.15) is 0 Å². The molecule has 2 unspecified atom stereocenters. The maximum absolute atomic E-state index is 5.65. The highest BCUT2D eigenvalue weighted by Crippen LogP contribution is 2.31. The van der Waals surface area contributed by atoms with Crippen molar-refractivity contribution >= 4 is 0 Å². The number of ether oxygens (including phenoxy) is 2. The molecule has 0 aromatic rings. The van der Waals surface area contributed by atoms with Crippen molar-refractivity contribution in [3.63, 3.8) is 0 Å². The van der Waals surface area contributed by atoms with Gasteiger partial charge in [-0.3, -0.25) is 0 Å². The molecule has 1 fully saturated rings. The molecule has 1 saturated heterocycles. The summed E-state index contributed by atoms with van der Waals surface area (Å²) in [5.41, 5.74) is -0.0764. The van der Waals surface area contributed by atoms with Crippen molar-refractivity contribution < 1.29 is 9.47 Å². The summed E-state index contributed by atoms with van der Waals surface area (Å²) in [5.74, 6) is 0. The van der Waals surface area contributed by atoms with E-state index in [0.717, 1.165) is 19.6 Å². The lowest BCUT2D eigenvalue weighted by atomic mass is 9.84. The number of hydrogen-bond acceptors (Lipinski definition) is 3. The molecule has 1 spiro atoms. The minimum Gasteiger partial charge on any atom is -0.379 e. The van der Waals surface area contributed by atoms with Crippen LogP contribution in [0.5, 0.6) is 0 Å². The molecule has 2 aliphatic heterocycles. The molecule has 0 aromatic heterocycles. The summed E-state index contributed by atoms with van der Waals surface area (Å²) in [6.07, 6.45) is 5.76. The Morgan fingerprint density at radius 3 is 3.08 bits per heavy atom. The molecule has 0 aliphatic carbocycles. The molecule has 3 heteroatoms. The minimum atomic E-state index is -0.0764. The van der Waals surface area contributed by atoms with E-state index in [1.54, 1.807) is 7.11 Å². The number of methoxy groups -OCH3 is 1. The lowest BCUT2D eigenvalue weighted by Gasteiger charge is -2.44. The van der Waals surface area contributed by atoms with Crippen LogP contribution in [0, 0.1) is 0 Å². The molecule has 2 aliphatic rings. The summed E-state index contributed by atoms with van der Waals surface area (Å²) in [6, 6.07) is 0. The van der Waals surface area contributed by atoms with Crippen molar-refractivity contribution in [1.29, 1.82) is 0 Å². The molecule has 13 heavy (non-hydrogen) atoms. The molecule has 0 radical (unpaired) electrons. The second-order valence-corrected chi connectivity index (χ2v) is 3.74. The average molecular weight is 183 g/mol. The van der Waals surface area contributed by atoms with Gasteiger partial charge in [-0.15, -0.1) is 0 Å². The highest BCUT2D eigenvalue weighted by atomic mass is 16.5. The molecule has 2 rings (SSSR count). The van der Waals surface area contributed by atoms with Gasteiger partial charge in [-0.05, 0) is 13.3 Å². The first kappa shape index (κ1) is 9.19. The summed E-state index contributed by atoms with van der Waals surface area (Å²) < 4.78 is 11.2. The van der Waals surface area contributed by atoms with Crippen molar-refractivity contribution in [2.24, 2.45) is 0 Å². The molecule has 1 N–H and O–H groups in total. The third-order valence-electron chi connectivity index (χ3n) is 3.16. The third kappa shape index (κ3) is 1.31. The van der Waals surface area contributed by atoms with Gasteiger partial charge in [0.15, 0.2) is 0 Å². The Labute approximate surface area is 79.1 Å². The Morgan fingerprint density at radius 2 is 2.46 bits per heavy atom. The lowest BCUT2D eigenvalue weighted by Crippen LogP contribution is -2.62. The van der Waals surface area contributed by atoms with Gasteiger partial charge in [0.2, 0.25) is 0 Å². The zero-order valence-corrected chi connectivity index (χ0v) is 8.25. The highest BCUT2D eigenvalue weighted by molar-refractivity contribution is 5.21. The zero-order chi connectivity index (χ0) is 9.31. The monoisotopic (exact) mass is 183 g/mol. The van der Waals surface area contributed by atoms with Gasteiger partial charge in [0.05, 0.1) is 17.7 Å². The van der Waals surface area contributed by atoms with Gasteiger partial charge >= 0.3 is 0 Å². The van der Waals surface area contributed by atoms with E-state index < -0.39 is 0 Å². The first-order valence-electron chi connectivity index (χ1n) is 4.87. The summed E-state index contributed by atoms with van der Waals surface area (Å²) in [4.78, 5) is 0. The predicted octanol–water partition coefficient (Wildman–Crippen LogP) is 0.708. The predicted molar refractivity (Wildman–Crippen MR) is 50.7 cm³/mol. The van der Waals surface area contributed by atoms with Crippen molar-refractivity contribution in [2.45, 2.75) is 31.1 Å². The molecule has 0 aromatic carbocycles. The van der Waals surface area contributed by atoms with Gasteiger partial charge in [0.25, 0.3) is 0 Å². The van der Waals surface area contributed by atoms with Gasteiger partial charge in [-0.25, -0.2) is 0 Å². The quantitative estimate of drug-likeness (QED) is 0.607. The van der Waals surface area contributed by atoms with Crippen molar-refractivity contribution in [3.05, 3.63) is 12.2 Å². The van der Waals surface area contributed by atoms with Crippen molar-refractivity contribution in [3.8, 4) is 0 Å². The van der Waals surface area contributed by atoms with Gasteiger partial charge < -0.3 is 14.8 Å². The summed E-state index contributed by atoms with van der Waals surface area (Å²) in [7, 11) is 1.78. The SMILES string of the molecule is COC1CCOC(C)[C@]12C=CCN2. The van der Waals surface area contributed by atoms with Gasteiger partial charge in [0.1, 0.15) is 0 Å². The van der Waals surface area contributed by atoms with E-state index in [-0.39, 0.29) is 17.7 Å². The van der Waals surface area contributed by atoms with E-state index >= 15 is 0 Å². The molecule has 3 atom stereocenters. The third-order valence-corrected chi connectivity index (χ3v) is 3.16. The van der Waals surface area contributed by atoms with Crippen LogP contribution in [-0.4, -0.2) is 38.0 Å².